The van der Waals surface area contributed by atoms with E-state index >= 15 is 0 Å². The molecule has 15 nitrogen and oxygen atoms in total. The Labute approximate surface area is 301 Å². The molecular weight excluding hydrogens is 660 g/mol. The molecule has 0 bridgehead atoms. The quantitative estimate of drug-likeness (QED) is 0.0229. The number of carbonyl (C=O) groups excluding carboxylic acids is 1. The largest absolute Gasteiger partial charge is 0.465 e. The molecule has 286 valence electrons. The molecule has 51 heavy (non-hydrogen) atoms. The van der Waals surface area contributed by atoms with Gasteiger partial charge in [-0.3, -0.25) is 4.79 Å². The molecule has 15 heteroatoms. The number of rotatable bonds is 30. The Morgan fingerprint density at radius 2 is 1.49 bits per heavy atom. The first-order valence-electron chi connectivity index (χ1n) is 18.0. The van der Waals surface area contributed by atoms with Gasteiger partial charge in [0.25, 0.3) is 0 Å². The molecule has 0 spiro atoms. The lowest BCUT2D eigenvalue weighted by molar-refractivity contribution is -0.151. The Kier molecular flexibility index (Phi) is 23.6. The third-order valence-corrected chi connectivity index (χ3v) is 8.81. The lowest BCUT2D eigenvalue weighted by Crippen LogP contribution is -2.36. The van der Waals surface area contributed by atoms with E-state index in [0.717, 1.165) is 6.42 Å². The van der Waals surface area contributed by atoms with E-state index in [0.29, 0.717) is 84.6 Å². The number of aliphatic hydroxyl groups excluding tert-OH is 3. The average Bonchev–Trinajstić information content (AvgIpc) is 3.40. The monoisotopic (exact) mass is 718 g/mol. The van der Waals surface area contributed by atoms with Gasteiger partial charge in [-0.2, -0.15) is 0 Å². The fourth-order valence-corrected chi connectivity index (χ4v) is 5.98. The molecule has 1 aliphatic carbocycles. The number of nitrogens with zero attached hydrogens (tertiary/aromatic N) is 6. The van der Waals surface area contributed by atoms with Crippen molar-refractivity contribution >= 4 is 5.97 Å². The minimum atomic E-state index is -0.618. The highest BCUT2D eigenvalue weighted by molar-refractivity contribution is 5.69. The van der Waals surface area contributed by atoms with Crippen LogP contribution in [0.4, 0.5) is 0 Å². The topological polar surface area (TPSA) is 221 Å². The molecule has 1 aromatic rings. The van der Waals surface area contributed by atoms with Crippen LogP contribution in [0, 0.1) is 17.3 Å². The summed E-state index contributed by atoms with van der Waals surface area (Å²) in [6, 6.07) is 10.1. The third-order valence-electron chi connectivity index (χ3n) is 8.81. The first-order chi connectivity index (χ1) is 24.8. The molecule has 0 heterocycles. The predicted octanol–water partition coefficient (Wildman–Crippen LogP) is 5.47. The van der Waals surface area contributed by atoms with Gasteiger partial charge >= 0.3 is 5.97 Å². The molecule has 3 N–H and O–H groups in total. The second kappa shape index (κ2) is 27.4. The molecule has 5 atom stereocenters. The Morgan fingerprint density at radius 1 is 0.882 bits per heavy atom. The fourth-order valence-electron chi connectivity index (χ4n) is 5.98. The second-order valence-electron chi connectivity index (χ2n) is 13.3. The molecule has 0 aromatic heterocycles. The first-order valence-corrected chi connectivity index (χ1v) is 18.0. The maximum atomic E-state index is 12.6. The molecule has 0 saturated heterocycles. The van der Waals surface area contributed by atoms with Crippen LogP contribution >= 0.6 is 0 Å². The third kappa shape index (κ3) is 20.4. The summed E-state index contributed by atoms with van der Waals surface area (Å²) in [6.07, 6.45) is 7.62. The summed E-state index contributed by atoms with van der Waals surface area (Å²) in [5.41, 5.74) is 17.2. The van der Waals surface area contributed by atoms with Crippen LogP contribution in [0.5, 0.6) is 0 Å². The molecule has 1 fully saturated rings. The van der Waals surface area contributed by atoms with Gasteiger partial charge in [-0.1, -0.05) is 59.6 Å². The van der Waals surface area contributed by atoms with Crippen LogP contribution in [0.1, 0.15) is 63.9 Å². The molecule has 1 aromatic carbocycles. The zero-order chi connectivity index (χ0) is 37.0. The number of esters is 1. The maximum absolute atomic E-state index is 12.6. The highest BCUT2D eigenvalue weighted by atomic mass is 16.6. The van der Waals surface area contributed by atoms with Crippen LogP contribution in [-0.4, -0.2) is 112 Å². The van der Waals surface area contributed by atoms with E-state index < -0.39 is 23.7 Å². The summed E-state index contributed by atoms with van der Waals surface area (Å²) in [4.78, 5) is 17.9. The normalized spacial score (nSPS) is 20.4. The number of hydrogen-bond acceptors (Lipinski definition) is 11. The van der Waals surface area contributed by atoms with Gasteiger partial charge in [0.2, 0.25) is 0 Å². The molecule has 1 saturated carbocycles. The van der Waals surface area contributed by atoms with Gasteiger partial charge in [-0.25, -0.2) is 0 Å². The van der Waals surface area contributed by atoms with Crippen molar-refractivity contribution in [3.05, 3.63) is 68.9 Å². The number of ether oxygens (including phenoxy) is 5. The van der Waals surface area contributed by atoms with Crippen molar-refractivity contribution in [3.8, 4) is 0 Å². The highest BCUT2D eigenvalue weighted by Gasteiger charge is 2.40. The van der Waals surface area contributed by atoms with E-state index in [2.05, 4.69) is 32.2 Å². The SMILES string of the molecule is CC(COCCOCCN=[N+]=[N-])(COCCOCCN=[N+]=[N-])COC(=O)CCC/C=C\C[C@@H]1[C@@H](CC[C@@H](O)CCc2ccccc2)[C@H](O)C[C@@H]1O. The fraction of sp³-hybridized carbons (Fsp3) is 0.750. The summed E-state index contributed by atoms with van der Waals surface area (Å²) < 4.78 is 27.9. The van der Waals surface area contributed by atoms with Gasteiger partial charge in [0.05, 0.1) is 71.2 Å². The number of azide groups is 2. The van der Waals surface area contributed by atoms with Gasteiger partial charge in [-0.05, 0) is 79.8 Å². The molecule has 1 aliphatic rings. The summed E-state index contributed by atoms with van der Waals surface area (Å²) in [5, 5.41) is 38.6. The number of hydrogen-bond donors (Lipinski definition) is 3. The van der Waals surface area contributed by atoms with Crippen LogP contribution in [0.2, 0.25) is 0 Å². The van der Waals surface area contributed by atoms with Crippen LogP contribution < -0.4 is 0 Å². The van der Waals surface area contributed by atoms with E-state index in [1.165, 1.54) is 5.56 Å². The Bertz CT molecular complexity index is 1160. The molecule has 0 amide bonds. The van der Waals surface area contributed by atoms with E-state index in [1.807, 2.05) is 37.3 Å². The summed E-state index contributed by atoms with van der Waals surface area (Å²) in [7, 11) is 0. The van der Waals surface area contributed by atoms with E-state index in [9.17, 15) is 20.1 Å². The van der Waals surface area contributed by atoms with Crippen LogP contribution in [-0.2, 0) is 34.9 Å². The van der Waals surface area contributed by atoms with Crippen LogP contribution in [0.3, 0.4) is 0 Å². The van der Waals surface area contributed by atoms with E-state index in [1.54, 1.807) is 0 Å². The van der Waals surface area contributed by atoms with Crippen molar-refractivity contribution in [2.45, 2.75) is 83.0 Å². The average molecular weight is 719 g/mol. The van der Waals surface area contributed by atoms with Crippen molar-refractivity contribution in [2.75, 3.05) is 72.6 Å². The Hall–Kier alpha value is -3.23. The van der Waals surface area contributed by atoms with Crippen molar-refractivity contribution in [1.29, 1.82) is 0 Å². The van der Waals surface area contributed by atoms with E-state index in [-0.39, 0.29) is 57.1 Å². The van der Waals surface area contributed by atoms with Gasteiger partial charge in [-0.15, -0.1) is 0 Å². The van der Waals surface area contributed by atoms with Crippen LogP contribution in [0.25, 0.3) is 20.9 Å². The number of carbonyl (C=O) groups is 1. The molecule has 2 rings (SSSR count). The van der Waals surface area contributed by atoms with E-state index in [4.69, 9.17) is 34.7 Å². The summed E-state index contributed by atoms with van der Waals surface area (Å²) >= 11 is 0. The molecule has 0 unspecified atom stereocenters. The van der Waals surface area contributed by atoms with Crippen molar-refractivity contribution in [1.82, 2.24) is 0 Å². The number of aryl methyl sites for hydroxylation is 1. The number of unbranched alkanes of at least 4 members (excludes halogenated alkanes) is 1. The highest BCUT2D eigenvalue weighted by Crippen LogP contribution is 2.38. The zero-order valence-electron chi connectivity index (χ0n) is 30.0. The predicted molar refractivity (Wildman–Crippen MR) is 192 cm³/mol. The molecule has 0 aliphatic heterocycles. The van der Waals surface area contributed by atoms with Crippen molar-refractivity contribution in [3.63, 3.8) is 0 Å². The number of benzene rings is 1. The second-order valence-corrected chi connectivity index (χ2v) is 13.3. The smallest absolute Gasteiger partial charge is 0.305 e. The van der Waals surface area contributed by atoms with Crippen LogP contribution in [0.15, 0.2) is 52.7 Å². The molecular formula is C36H58N6O9. The lowest BCUT2D eigenvalue weighted by Gasteiger charge is -2.28. The first kappa shape index (κ1) is 43.9. The van der Waals surface area contributed by atoms with Gasteiger partial charge in [0, 0.05) is 34.7 Å². The summed E-state index contributed by atoms with van der Waals surface area (Å²) in [6.45, 7) is 4.87. The van der Waals surface area contributed by atoms with Crippen molar-refractivity contribution < 1.29 is 43.8 Å². The summed E-state index contributed by atoms with van der Waals surface area (Å²) in [5.74, 6) is -0.461. The van der Waals surface area contributed by atoms with Gasteiger partial charge in [0.15, 0.2) is 0 Å². The van der Waals surface area contributed by atoms with Gasteiger partial charge < -0.3 is 39.0 Å². The standard InChI is InChI=1S/C36H58N6O9/c1-36(26-49-23-21-47-19-17-39-41-37,27-50-24-22-48-20-18-40-42-38)28-51-35(46)12-8-3-2-7-11-31-32(34(45)25-33(31)44)16-15-30(43)14-13-29-9-5-4-6-10-29/h2,4-7,9-10,30-34,43-45H,3,8,11-28H2,1H3/b7-2-/t30-,31+,32+,33-,34+/m0/s1. The minimum Gasteiger partial charge on any atom is -0.465 e. The van der Waals surface area contributed by atoms with Crippen molar-refractivity contribution in [2.24, 2.45) is 27.5 Å². The number of aliphatic hydroxyl groups is 3. The zero-order valence-corrected chi connectivity index (χ0v) is 30.0. The lowest BCUT2D eigenvalue weighted by atomic mass is 9.85. The minimum absolute atomic E-state index is 0.0679. The Balaban J connectivity index is 1.70. The number of allylic oxidation sites excluding steroid dienone is 2. The molecule has 0 radical (unpaired) electrons. The Morgan fingerprint density at radius 3 is 2.12 bits per heavy atom. The van der Waals surface area contributed by atoms with Gasteiger partial charge in [0.1, 0.15) is 6.61 Å². The maximum Gasteiger partial charge on any atom is 0.305 e.